The van der Waals surface area contributed by atoms with E-state index >= 15 is 0 Å². The van der Waals surface area contributed by atoms with E-state index in [1.165, 1.54) is 4.57 Å². The molecule has 0 radical (unpaired) electrons. The zero-order valence-electron chi connectivity index (χ0n) is 17.8. The number of aliphatic imine (C=N–C) groups is 1. The number of thioether (sulfide) groups is 1. The summed E-state index contributed by atoms with van der Waals surface area (Å²) in [7, 11) is 0. The number of benzene rings is 2. The van der Waals surface area contributed by atoms with Crippen LogP contribution in [-0.2, 0) is 13.1 Å². The van der Waals surface area contributed by atoms with Gasteiger partial charge in [0.1, 0.15) is 0 Å². The van der Waals surface area contributed by atoms with Gasteiger partial charge in [0.25, 0.3) is 0 Å². The van der Waals surface area contributed by atoms with Crippen molar-refractivity contribution in [3.63, 3.8) is 0 Å². The lowest BCUT2D eigenvalue weighted by Crippen LogP contribution is -2.43. The SMILES string of the molecule is CSc1ccc(Cn2c(NCCN=C(N)N)nc(=O)n(Cc3cc(Cl)cc(Cl)c3)c2=O)cc1. The minimum absolute atomic E-state index is 0.0232. The summed E-state index contributed by atoms with van der Waals surface area (Å²) in [6.45, 7) is 0.722. The quantitative estimate of drug-likeness (QED) is 0.175. The zero-order chi connectivity index (χ0) is 24.0. The van der Waals surface area contributed by atoms with E-state index in [-0.39, 0.29) is 38.1 Å². The Morgan fingerprint density at radius 3 is 2.27 bits per heavy atom. The van der Waals surface area contributed by atoms with Gasteiger partial charge in [-0.15, -0.1) is 11.8 Å². The van der Waals surface area contributed by atoms with Crippen LogP contribution in [0.2, 0.25) is 10.0 Å². The highest BCUT2D eigenvalue weighted by molar-refractivity contribution is 7.98. The number of guanidine groups is 1. The fourth-order valence-corrected chi connectivity index (χ4v) is 4.07. The summed E-state index contributed by atoms with van der Waals surface area (Å²) in [6.07, 6.45) is 1.99. The van der Waals surface area contributed by atoms with E-state index in [1.54, 1.807) is 30.0 Å². The summed E-state index contributed by atoms with van der Waals surface area (Å²) < 4.78 is 2.44. The Kier molecular flexibility index (Phi) is 8.43. The molecule has 12 heteroatoms. The van der Waals surface area contributed by atoms with Crippen molar-refractivity contribution in [2.24, 2.45) is 16.5 Å². The number of halogens is 2. The van der Waals surface area contributed by atoms with Gasteiger partial charge in [-0.25, -0.2) is 14.2 Å². The first-order chi connectivity index (χ1) is 15.8. The Morgan fingerprint density at radius 1 is 1.03 bits per heavy atom. The van der Waals surface area contributed by atoms with Gasteiger partial charge < -0.3 is 16.8 Å². The fourth-order valence-electron chi connectivity index (χ4n) is 3.09. The van der Waals surface area contributed by atoms with Gasteiger partial charge in [0.05, 0.1) is 19.6 Å². The van der Waals surface area contributed by atoms with E-state index in [4.69, 9.17) is 34.7 Å². The van der Waals surface area contributed by atoms with E-state index in [0.717, 1.165) is 15.0 Å². The molecule has 174 valence electrons. The van der Waals surface area contributed by atoms with Crippen LogP contribution in [0.25, 0.3) is 0 Å². The van der Waals surface area contributed by atoms with E-state index in [1.807, 2.05) is 30.5 Å². The molecule has 5 N–H and O–H groups in total. The second-order valence-electron chi connectivity index (χ2n) is 7.03. The van der Waals surface area contributed by atoms with Gasteiger partial charge in [-0.05, 0) is 47.7 Å². The number of anilines is 1. The van der Waals surface area contributed by atoms with E-state index in [0.29, 0.717) is 15.6 Å². The van der Waals surface area contributed by atoms with Crippen molar-refractivity contribution in [1.82, 2.24) is 14.1 Å². The number of hydrogen-bond acceptors (Lipinski definition) is 6. The van der Waals surface area contributed by atoms with Crippen molar-refractivity contribution in [2.45, 2.75) is 18.0 Å². The minimum atomic E-state index is -0.700. The van der Waals surface area contributed by atoms with Crippen molar-refractivity contribution in [3.05, 3.63) is 84.6 Å². The van der Waals surface area contributed by atoms with E-state index < -0.39 is 11.4 Å². The van der Waals surface area contributed by atoms with Crippen molar-refractivity contribution >= 4 is 46.9 Å². The molecule has 0 aliphatic carbocycles. The van der Waals surface area contributed by atoms with Gasteiger partial charge >= 0.3 is 11.4 Å². The molecule has 2 aromatic carbocycles. The molecule has 0 unspecified atom stereocenters. The molecule has 0 atom stereocenters. The van der Waals surface area contributed by atoms with Gasteiger partial charge in [-0.1, -0.05) is 35.3 Å². The van der Waals surface area contributed by atoms with Gasteiger partial charge in [0.15, 0.2) is 5.96 Å². The van der Waals surface area contributed by atoms with Crippen LogP contribution in [0, 0.1) is 0 Å². The van der Waals surface area contributed by atoms with Crippen LogP contribution < -0.4 is 28.2 Å². The summed E-state index contributed by atoms with van der Waals surface area (Å²) in [4.78, 5) is 35.2. The molecule has 0 aliphatic rings. The van der Waals surface area contributed by atoms with Gasteiger partial charge in [-0.3, -0.25) is 9.56 Å². The van der Waals surface area contributed by atoms with Crippen LogP contribution in [0.4, 0.5) is 5.95 Å². The molecule has 33 heavy (non-hydrogen) atoms. The standard InChI is InChI=1S/C21H23Cl2N7O2S/c1-33-17-4-2-13(3-5-17)11-29-19(27-7-6-26-18(24)25)28-20(31)30(21(29)32)12-14-8-15(22)10-16(23)9-14/h2-5,8-10H,6-7,11-12H2,1H3,(H4,24,25,26)(H,27,28,31). The lowest BCUT2D eigenvalue weighted by molar-refractivity contribution is 0.586. The summed E-state index contributed by atoms with van der Waals surface area (Å²) in [5.74, 6) is 0.0803. The molecule has 3 aromatic rings. The molecule has 0 amide bonds. The third-order valence-corrected chi connectivity index (χ3v) is 5.78. The van der Waals surface area contributed by atoms with Gasteiger partial charge in [0, 0.05) is 21.5 Å². The normalized spacial score (nSPS) is 10.8. The number of rotatable bonds is 9. The highest BCUT2D eigenvalue weighted by atomic mass is 35.5. The first-order valence-electron chi connectivity index (χ1n) is 9.85. The summed E-state index contributed by atoms with van der Waals surface area (Å²) >= 11 is 13.8. The Morgan fingerprint density at radius 2 is 1.67 bits per heavy atom. The topological polar surface area (TPSA) is 133 Å². The van der Waals surface area contributed by atoms with Crippen LogP contribution in [-0.4, -0.2) is 39.4 Å². The first kappa shape index (κ1) is 24.7. The molecular formula is C21H23Cl2N7O2S. The Bertz CT molecular complexity index is 1250. The van der Waals surface area contributed by atoms with Crippen molar-refractivity contribution in [2.75, 3.05) is 24.7 Å². The number of nitrogens with one attached hydrogen (secondary N) is 1. The summed E-state index contributed by atoms with van der Waals surface area (Å²) in [6, 6.07) is 12.6. The monoisotopic (exact) mass is 507 g/mol. The van der Waals surface area contributed by atoms with Crippen molar-refractivity contribution < 1.29 is 0 Å². The second kappa shape index (κ2) is 11.3. The van der Waals surface area contributed by atoms with Crippen LogP contribution in [0.3, 0.4) is 0 Å². The average molecular weight is 508 g/mol. The molecule has 0 bridgehead atoms. The summed E-state index contributed by atoms with van der Waals surface area (Å²) in [5.41, 5.74) is 11.0. The smallest absolute Gasteiger partial charge is 0.355 e. The fraction of sp³-hybridized carbons (Fsp3) is 0.238. The molecule has 1 aromatic heterocycles. The maximum Gasteiger partial charge on any atom is 0.355 e. The Labute approximate surface area is 204 Å². The highest BCUT2D eigenvalue weighted by Gasteiger charge is 2.14. The maximum absolute atomic E-state index is 13.4. The van der Waals surface area contributed by atoms with Crippen LogP contribution >= 0.6 is 35.0 Å². The van der Waals surface area contributed by atoms with Crippen LogP contribution in [0.15, 0.2) is 61.9 Å². The van der Waals surface area contributed by atoms with Gasteiger partial charge in [-0.2, -0.15) is 4.98 Å². The Hall–Kier alpha value is -2.95. The van der Waals surface area contributed by atoms with Crippen molar-refractivity contribution in [3.8, 4) is 0 Å². The zero-order valence-corrected chi connectivity index (χ0v) is 20.1. The van der Waals surface area contributed by atoms with Gasteiger partial charge in [0.2, 0.25) is 5.95 Å². The lowest BCUT2D eigenvalue weighted by atomic mass is 10.2. The molecule has 9 nitrogen and oxygen atoms in total. The van der Waals surface area contributed by atoms with E-state index in [2.05, 4.69) is 15.3 Å². The average Bonchev–Trinajstić information content (AvgIpc) is 2.76. The molecule has 1 heterocycles. The van der Waals surface area contributed by atoms with Crippen LogP contribution in [0.1, 0.15) is 11.1 Å². The molecule has 0 fully saturated rings. The predicted octanol–water partition coefficient (Wildman–Crippen LogP) is 2.22. The molecular weight excluding hydrogens is 485 g/mol. The highest BCUT2D eigenvalue weighted by Crippen LogP contribution is 2.19. The largest absolute Gasteiger partial charge is 0.370 e. The lowest BCUT2D eigenvalue weighted by Gasteiger charge is -2.16. The van der Waals surface area contributed by atoms with Crippen LogP contribution in [0.5, 0.6) is 0 Å². The third kappa shape index (κ3) is 6.77. The third-order valence-electron chi connectivity index (χ3n) is 4.60. The summed E-state index contributed by atoms with van der Waals surface area (Å²) in [5, 5.41) is 3.79. The van der Waals surface area contributed by atoms with E-state index in [9.17, 15) is 9.59 Å². The number of nitrogens with zero attached hydrogens (tertiary/aromatic N) is 4. The number of hydrogen-bond donors (Lipinski definition) is 3. The maximum atomic E-state index is 13.4. The predicted molar refractivity (Wildman–Crippen MR) is 135 cm³/mol. The minimum Gasteiger partial charge on any atom is -0.370 e. The number of aromatic nitrogens is 3. The molecule has 0 saturated carbocycles. The second-order valence-corrected chi connectivity index (χ2v) is 8.78. The molecule has 0 aliphatic heterocycles. The first-order valence-corrected chi connectivity index (χ1v) is 11.8. The molecule has 3 rings (SSSR count). The van der Waals surface area contributed by atoms with Crippen molar-refractivity contribution in [1.29, 1.82) is 0 Å². The molecule has 0 spiro atoms. The number of nitrogens with two attached hydrogens (primary N) is 2. The Balaban J connectivity index is 2.00. The molecule has 0 saturated heterocycles.